The van der Waals surface area contributed by atoms with Crippen LogP contribution in [-0.4, -0.2) is 20.1 Å². The number of rotatable bonds is 2. The van der Waals surface area contributed by atoms with Gasteiger partial charge in [0.1, 0.15) is 0 Å². The topological polar surface area (TPSA) is 34.1 Å². The first kappa shape index (κ1) is 10.2. The van der Waals surface area contributed by atoms with Crippen molar-refractivity contribution in [1.29, 1.82) is 0 Å². The summed E-state index contributed by atoms with van der Waals surface area (Å²) in [7, 11) is 1.31. The average molecular weight is 219 g/mol. The van der Waals surface area contributed by atoms with Crippen molar-refractivity contribution >= 4 is 19.7 Å². The van der Waals surface area contributed by atoms with Gasteiger partial charge in [-0.2, -0.15) is 0 Å². The molecule has 0 bridgehead atoms. The Balaban J connectivity index is 2.49. The molecule has 0 spiro atoms. The fourth-order valence-electron chi connectivity index (χ4n) is 1.47. The molecule has 0 aromatic carbocycles. The summed E-state index contributed by atoms with van der Waals surface area (Å²) in [5.41, 5.74) is 0. The minimum Gasteiger partial charge on any atom is -0.212 e. The first-order valence-electron chi connectivity index (χ1n) is 3.59. The van der Waals surface area contributed by atoms with Crippen molar-refractivity contribution in [3.05, 3.63) is 0 Å². The smallest absolute Gasteiger partial charge is 0.212 e. The Labute approximate surface area is 74.3 Å². The molecule has 1 aliphatic rings. The molecule has 1 rings (SSSR count). The van der Waals surface area contributed by atoms with Crippen LogP contribution in [-0.2, 0) is 9.05 Å². The van der Waals surface area contributed by atoms with E-state index in [4.69, 9.17) is 10.7 Å². The molecule has 0 amide bonds. The number of hydrogen-bond donors (Lipinski definition) is 0. The summed E-state index contributed by atoms with van der Waals surface area (Å²) >= 11 is 0. The second-order valence-corrected chi connectivity index (χ2v) is 5.99. The number of halogens is 3. The summed E-state index contributed by atoms with van der Waals surface area (Å²) in [6.07, 6.45) is -0.317. The molecule has 12 heavy (non-hydrogen) atoms. The lowest BCUT2D eigenvalue weighted by Gasteiger charge is -2.07. The quantitative estimate of drug-likeness (QED) is 0.665. The van der Waals surface area contributed by atoms with Crippen LogP contribution in [0.25, 0.3) is 0 Å². The Hall–Kier alpha value is 0.1000. The van der Waals surface area contributed by atoms with Gasteiger partial charge in [0.15, 0.2) is 0 Å². The molecule has 0 saturated heterocycles. The molecule has 2 nitrogen and oxygen atoms in total. The second-order valence-electron chi connectivity index (χ2n) is 3.17. The van der Waals surface area contributed by atoms with Gasteiger partial charge in [-0.3, -0.25) is 0 Å². The summed E-state index contributed by atoms with van der Waals surface area (Å²) in [4.78, 5) is 0. The fraction of sp³-hybridized carbons (Fsp3) is 1.00. The van der Waals surface area contributed by atoms with E-state index in [9.17, 15) is 17.2 Å². The molecule has 0 radical (unpaired) electrons. The van der Waals surface area contributed by atoms with E-state index in [0.29, 0.717) is 0 Å². The monoisotopic (exact) mass is 218 g/mol. The van der Waals surface area contributed by atoms with Crippen LogP contribution in [0, 0.1) is 5.92 Å². The van der Waals surface area contributed by atoms with E-state index < -0.39 is 20.9 Å². The first-order valence-corrected chi connectivity index (χ1v) is 6.06. The highest BCUT2D eigenvalue weighted by Gasteiger charge is 2.40. The van der Waals surface area contributed by atoms with E-state index in [1.807, 2.05) is 0 Å². The third-order valence-electron chi connectivity index (χ3n) is 1.94. The van der Waals surface area contributed by atoms with Crippen molar-refractivity contribution in [3.63, 3.8) is 0 Å². The van der Waals surface area contributed by atoms with Gasteiger partial charge in [0, 0.05) is 23.5 Å². The molecule has 6 heteroatoms. The predicted molar refractivity (Wildman–Crippen MR) is 41.9 cm³/mol. The molecule has 1 atom stereocenters. The first-order chi connectivity index (χ1) is 5.29. The van der Waals surface area contributed by atoms with Gasteiger partial charge in [-0.15, -0.1) is 0 Å². The van der Waals surface area contributed by atoms with Gasteiger partial charge in [0.05, 0.1) is 5.75 Å². The third-order valence-corrected chi connectivity index (χ3v) is 3.19. The van der Waals surface area contributed by atoms with Gasteiger partial charge < -0.3 is 0 Å². The molecule has 0 aromatic heterocycles. The summed E-state index contributed by atoms with van der Waals surface area (Å²) in [6, 6.07) is 0. The van der Waals surface area contributed by atoms with Crippen molar-refractivity contribution in [1.82, 2.24) is 0 Å². The van der Waals surface area contributed by atoms with Crippen molar-refractivity contribution in [2.24, 2.45) is 5.92 Å². The van der Waals surface area contributed by atoms with E-state index in [-0.39, 0.29) is 25.0 Å². The van der Waals surface area contributed by atoms with Gasteiger partial charge in [-0.25, -0.2) is 17.2 Å². The zero-order chi connectivity index (χ0) is 9.41. The number of alkyl halides is 2. The lowest BCUT2D eigenvalue weighted by Crippen LogP contribution is -2.13. The molecule has 0 heterocycles. The van der Waals surface area contributed by atoms with Gasteiger partial charge in [-0.05, 0) is 12.3 Å². The van der Waals surface area contributed by atoms with Gasteiger partial charge >= 0.3 is 0 Å². The molecular weight excluding hydrogens is 210 g/mol. The molecule has 72 valence electrons. The van der Waals surface area contributed by atoms with Gasteiger partial charge in [-0.1, -0.05) is 0 Å². The summed E-state index contributed by atoms with van der Waals surface area (Å²) in [5.74, 6) is -3.49. The fourth-order valence-corrected chi connectivity index (χ4v) is 2.85. The van der Waals surface area contributed by atoms with E-state index in [1.165, 1.54) is 0 Å². The van der Waals surface area contributed by atoms with Crippen molar-refractivity contribution in [2.75, 3.05) is 5.75 Å². The molecule has 0 aromatic rings. The Kier molecular flexibility index (Phi) is 2.63. The predicted octanol–water partition coefficient (Wildman–Crippen LogP) is 1.99. The largest absolute Gasteiger partial charge is 0.248 e. The summed E-state index contributed by atoms with van der Waals surface area (Å²) in [6.45, 7) is 0. The molecule has 1 fully saturated rings. The van der Waals surface area contributed by atoms with Crippen LogP contribution < -0.4 is 0 Å². The molecule has 0 aliphatic heterocycles. The zero-order valence-corrected chi connectivity index (χ0v) is 7.84. The minimum absolute atomic E-state index is 0.218. The van der Waals surface area contributed by atoms with Crippen LogP contribution in [0.2, 0.25) is 0 Å². The van der Waals surface area contributed by atoms with Gasteiger partial charge in [0.25, 0.3) is 0 Å². The Bertz CT molecular complexity index is 263. The van der Waals surface area contributed by atoms with Crippen LogP contribution in [0.1, 0.15) is 19.3 Å². The molecule has 0 unspecified atom stereocenters. The molecule has 1 saturated carbocycles. The summed E-state index contributed by atoms with van der Waals surface area (Å²) in [5, 5.41) is 0. The highest BCUT2D eigenvalue weighted by molar-refractivity contribution is 8.13. The van der Waals surface area contributed by atoms with E-state index in [0.717, 1.165) is 0 Å². The SMILES string of the molecule is O=S(=O)(Cl)C[C@@H]1CCC(F)(F)C1. The maximum absolute atomic E-state index is 12.5. The highest BCUT2D eigenvalue weighted by atomic mass is 35.7. The van der Waals surface area contributed by atoms with Crippen LogP contribution in [0.5, 0.6) is 0 Å². The zero-order valence-electron chi connectivity index (χ0n) is 6.26. The van der Waals surface area contributed by atoms with Gasteiger partial charge in [0.2, 0.25) is 15.0 Å². The highest BCUT2D eigenvalue weighted by Crippen LogP contribution is 2.39. The van der Waals surface area contributed by atoms with Crippen LogP contribution in [0.4, 0.5) is 8.78 Å². The third kappa shape index (κ3) is 3.23. The van der Waals surface area contributed by atoms with Crippen LogP contribution >= 0.6 is 10.7 Å². The van der Waals surface area contributed by atoms with Crippen LogP contribution in [0.15, 0.2) is 0 Å². The molecule has 0 N–H and O–H groups in total. The van der Waals surface area contributed by atoms with Crippen molar-refractivity contribution in [3.8, 4) is 0 Å². The van der Waals surface area contributed by atoms with E-state index in [2.05, 4.69) is 0 Å². The maximum atomic E-state index is 12.5. The second kappa shape index (κ2) is 3.10. The Morgan fingerprint density at radius 3 is 2.42 bits per heavy atom. The van der Waals surface area contributed by atoms with Crippen molar-refractivity contribution in [2.45, 2.75) is 25.2 Å². The Morgan fingerprint density at radius 2 is 2.08 bits per heavy atom. The minimum atomic E-state index is -3.62. The molecular formula is C6H9ClF2O2S. The standard InChI is InChI=1S/C6H9ClF2O2S/c7-12(10,11)4-5-1-2-6(8,9)3-5/h5H,1-4H2/t5-/m1/s1. The average Bonchev–Trinajstić information content (AvgIpc) is 2.05. The van der Waals surface area contributed by atoms with Crippen LogP contribution in [0.3, 0.4) is 0 Å². The van der Waals surface area contributed by atoms with E-state index >= 15 is 0 Å². The normalized spacial score (nSPS) is 29.1. The van der Waals surface area contributed by atoms with Crippen molar-refractivity contribution < 1.29 is 17.2 Å². The lowest BCUT2D eigenvalue weighted by molar-refractivity contribution is 0.00593. The maximum Gasteiger partial charge on any atom is 0.248 e. The van der Waals surface area contributed by atoms with E-state index in [1.54, 1.807) is 0 Å². The number of hydrogen-bond acceptors (Lipinski definition) is 2. The lowest BCUT2D eigenvalue weighted by atomic mass is 10.1. The summed E-state index contributed by atoms with van der Waals surface area (Å²) < 4.78 is 46.1. The Morgan fingerprint density at radius 1 is 1.50 bits per heavy atom. The molecule has 1 aliphatic carbocycles.